The van der Waals surface area contributed by atoms with E-state index in [1.165, 1.54) is 12.1 Å². The Kier molecular flexibility index (Phi) is 6.22. The van der Waals surface area contributed by atoms with E-state index in [0.29, 0.717) is 30.3 Å². The maximum Gasteiger partial charge on any atom is 0.253 e. The van der Waals surface area contributed by atoms with Crippen molar-refractivity contribution in [1.82, 2.24) is 39.5 Å². The summed E-state index contributed by atoms with van der Waals surface area (Å²) in [5.41, 5.74) is 4.93. The summed E-state index contributed by atoms with van der Waals surface area (Å²) in [4.78, 5) is 33.9. The zero-order valence-electron chi connectivity index (χ0n) is 23.3. The quantitative estimate of drug-likeness (QED) is 0.307. The fourth-order valence-electron chi connectivity index (χ4n) is 6.35. The number of para-hydroxylation sites is 1. The lowest BCUT2D eigenvalue weighted by atomic mass is 9.96. The van der Waals surface area contributed by atoms with Crippen molar-refractivity contribution >= 4 is 27.8 Å². The largest absolute Gasteiger partial charge is 0.346 e. The number of pyridine rings is 1. The Labute approximate surface area is 247 Å². The first-order chi connectivity index (χ1) is 21.1. The highest BCUT2D eigenvalue weighted by Gasteiger charge is 2.37. The van der Waals surface area contributed by atoms with Gasteiger partial charge in [-0.25, -0.2) is 14.4 Å². The van der Waals surface area contributed by atoms with E-state index in [9.17, 15) is 4.79 Å². The van der Waals surface area contributed by atoms with Gasteiger partial charge >= 0.3 is 0 Å². The van der Waals surface area contributed by atoms with Crippen molar-refractivity contribution in [3.63, 3.8) is 0 Å². The molecule has 2 aliphatic heterocycles. The molecule has 1 radical (unpaired) electrons. The number of likely N-dealkylation sites (tertiary alicyclic amines) is 2. The number of H-pyrrole nitrogens is 1. The lowest BCUT2D eigenvalue weighted by molar-refractivity contribution is 0.0514. The van der Waals surface area contributed by atoms with Gasteiger partial charge < -0.3 is 9.88 Å². The number of aromatic nitrogens is 6. The number of carbonyl (C=O) groups excluding carboxylic acids is 1. The predicted octanol–water partition coefficient (Wildman–Crippen LogP) is 5.18. The van der Waals surface area contributed by atoms with Crippen LogP contribution in [0.2, 0.25) is 0 Å². The maximum absolute atomic E-state index is 15.3. The van der Waals surface area contributed by atoms with Crippen LogP contribution in [-0.4, -0.2) is 77.6 Å². The predicted molar refractivity (Wildman–Crippen MR) is 161 cm³/mol. The molecule has 9 nitrogen and oxygen atoms in total. The van der Waals surface area contributed by atoms with Gasteiger partial charge in [-0.05, 0) is 37.1 Å². The number of nitrogens with zero attached hydrogens (tertiary/aromatic N) is 7. The number of fused-ring (bicyclic) bond motifs is 2. The molecular weight excluding hydrogens is 543 g/mol. The van der Waals surface area contributed by atoms with Crippen molar-refractivity contribution in [2.45, 2.75) is 18.9 Å². The molecule has 2 saturated heterocycles. The van der Waals surface area contributed by atoms with Crippen LogP contribution in [0.5, 0.6) is 0 Å². The third kappa shape index (κ3) is 4.54. The Bertz CT molecular complexity index is 1960. The summed E-state index contributed by atoms with van der Waals surface area (Å²) in [7, 11) is 0. The molecule has 6 aromatic rings. The molecule has 2 fully saturated rings. The van der Waals surface area contributed by atoms with Crippen LogP contribution in [0, 0.1) is 11.9 Å². The SMILES string of the molecule is O=C(c1ccc(-c2cccc3cccnc23)c(F)c1)N1CCC(N2C[C](n3cc(-c4ncnc5[nH]ccc45)cn3)C2)CC1. The van der Waals surface area contributed by atoms with Crippen molar-refractivity contribution in [2.24, 2.45) is 0 Å². The average Bonchev–Trinajstić information content (AvgIpc) is 3.71. The zero-order chi connectivity index (χ0) is 28.9. The van der Waals surface area contributed by atoms with E-state index >= 15 is 4.39 Å². The molecular formula is C33H28FN8O. The van der Waals surface area contributed by atoms with E-state index in [2.05, 4.69) is 29.9 Å². The number of halogens is 1. The van der Waals surface area contributed by atoms with Crippen LogP contribution >= 0.6 is 0 Å². The summed E-state index contributed by atoms with van der Waals surface area (Å²) in [6.45, 7) is 2.99. The van der Waals surface area contributed by atoms with Gasteiger partial charge in [0.2, 0.25) is 0 Å². The molecule has 2 aliphatic rings. The Balaban J connectivity index is 0.885. The number of hydrogen-bond acceptors (Lipinski definition) is 6. The number of nitrogens with one attached hydrogen (secondary N) is 1. The van der Waals surface area contributed by atoms with E-state index in [1.54, 1.807) is 24.7 Å². The molecule has 213 valence electrons. The second kappa shape index (κ2) is 10.4. The summed E-state index contributed by atoms with van der Waals surface area (Å²) in [5, 5.41) is 6.52. The minimum Gasteiger partial charge on any atom is -0.346 e. The number of amides is 1. The maximum atomic E-state index is 15.3. The van der Waals surface area contributed by atoms with Crippen molar-refractivity contribution in [1.29, 1.82) is 0 Å². The van der Waals surface area contributed by atoms with Crippen molar-refractivity contribution in [3.8, 4) is 22.4 Å². The molecule has 0 unspecified atom stereocenters. The molecule has 0 saturated carbocycles. The van der Waals surface area contributed by atoms with Crippen molar-refractivity contribution in [3.05, 3.63) is 103 Å². The summed E-state index contributed by atoms with van der Waals surface area (Å²) >= 11 is 0. The molecule has 0 bridgehead atoms. The molecule has 2 aromatic carbocycles. The number of benzene rings is 2. The topological polar surface area (TPSA) is 95.8 Å². The van der Waals surface area contributed by atoms with Crippen LogP contribution in [0.25, 0.3) is 44.3 Å². The summed E-state index contributed by atoms with van der Waals surface area (Å²) < 4.78 is 17.3. The lowest BCUT2D eigenvalue weighted by Crippen LogP contribution is -2.56. The minimum absolute atomic E-state index is 0.124. The number of piperidine rings is 1. The normalized spacial score (nSPS) is 16.6. The van der Waals surface area contributed by atoms with Crippen LogP contribution in [-0.2, 0) is 0 Å². The van der Waals surface area contributed by atoms with Gasteiger partial charge in [-0.1, -0.05) is 30.3 Å². The summed E-state index contributed by atoms with van der Waals surface area (Å²) in [6, 6.07) is 18.0. The third-order valence-corrected chi connectivity index (χ3v) is 8.71. The Morgan fingerprint density at radius 1 is 0.953 bits per heavy atom. The summed E-state index contributed by atoms with van der Waals surface area (Å²) in [6.07, 6.45) is 10.8. The fraction of sp³-hybridized carbons (Fsp3) is 0.212. The lowest BCUT2D eigenvalue weighted by Gasteiger charge is -2.46. The first kappa shape index (κ1) is 25.7. The second-order valence-electron chi connectivity index (χ2n) is 11.2. The number of rotatable bonds is 5. The van der Waals surface area contributed by atoms with Crippen LogP contribution in [0.4, 0.5) is 4.39 Å². The van der Waals surface area contributed by atoms with Gasteiger partial charge in [0.15, 0.2) is 0 Å². The highest BCUT2D eigenvalue weighted by Crippen LogP contribution is 2.32. The van der Waals surface area contributed by atoms with Crippen molar-refractivity contribution in [2.75, 3.05) is 26.2 Å². The molecule has 10 heteroatoms. The summed E-state index contributed by atoms with van der Waals surface area (Å²) in [5.74, 6) is -0.539. The molecule has 4 aromatic heterocycles. The van der Waals surface area contributed by atoms with E-state index in [-0.39, 0.29) is 5.91 Å². The van der Waals surface area contributed by atoms with Gasteiger partial charge in [-0.3, -0.25) is 19.4 Å². The van der Waals surface area contributed by atoms with E-state index in [0.717, 1.165) is 64.7 Å². The van der Waals surface area contributed by atoms with Gasteiger partial charge in [-0.2, -0.15) is 5.10 Å². The first-order valence-electron chi connectivity index (χ1n) is 14.5. The molecule has 1 amide bonds. The van der Waals surface area contributed by atoms with E-state index in [1.807, 2.05) is 64.6 Å². The van der Waals surface area contributed by atoms with Gasteiger partial charge in [0.1, 0.15) is 23.8 Å². The molecule has 0 atom stereocenters. The molecule has 8 rings (SSSR count). The Hall–Kier alpha value is -4.96. The Morgan fingerprint density at radius 3 is 2.67 bits per heavy atom. The molecule has 0 spiro atoms. The molecule has 6 heterocycles. The molecule has 1 N–H and O–H groups in total. The highest BCUT2D eigenvalue weighted by atomic mass is 19.1. The van der Waals surface area contributed by atoms with Crippen LogP contribution in [0.1, 0.15) is 23.2 Å². The van der Waals surface area contributed by atoms with Crippen LogP contribution < -0.4 is 0 Å². The second-order valence-corrected chi connectivity index (χ2v) is 11.2. The van der Waals surface area contributed by atoms with E-state index in [4.69, 9.17) is 0 Å². The minimum atomic E-state index is -0.415. The monoisotopic (exact) mass is 571 g/mol. The number of aromatic amines is 1. The first-order valence-corrected chi connectivity index (χ1v) is 14.5. The number of hydrogen-bond donors (Lipinski definition) is 1. The average molecular weight is 572 g/mol. The van der Waals surface area contributed by atoms with Gasteiger partial charge in [0.25, 0.3) is 5.91 Å². The van der Waals surface area contributed by atoms with Gasteiger partial charge in [-0.15, -0.1) is 0 Å². The van der Waals surface area contributed by atoms with Gasteiger partial charge in [0.05, 0.1) is 17.4 Å². The van der Waals surface area contributed by atoms with Crippen molar-refractivity contribution < 1.29 is 9.18 Å². The molecule has 43 heavy (non-hydrogen) atoms. The smallest absolute Gasteiger partial charge is 0.253 e. The van der Waals surface area contributed by atoms with Crippen LogP contribution in [0.15, 0.2) is 85.7 Å². The fourth-order valence-corrected chi connectivity index (χ4v) is 6.35. The number of carbonyl (C=O) groups is 1. The van der Waals surface area contributed by atoms with Gasteiger partial charge in [0, 0.05) is 83.8 Å². The molecule has 0 aliphatic carbocycles. The Morgan fingerprint density at radius 2 is 1.81 bits per heavy atom. The highest BCUT2D eigenvalue weighted by molar-refractivity contribution is 5.97. The zero-order valence-corrected chi connectivity index (χ0v) is 23.3. The third-order valence-electron chi connectivity index (χ3n) is 8.71. The van der Waals surface area contributed by atoms with Crippen LogP contribution in [0.3, 0.4) is 0 Å². The van der Waals surface area contributed by atoms with E-state index < -0.39 is 5.82 Å². The standard InChI is InChI=1S/C33H28FN8O/c34-29-15-22(6-7-26(29)27-5-1-3-21-4-2-11-35-30(21)27)33(43)40-13-9-24(10-14-40)41-18-25(19-41)42-17-23(16-39-42)31-28-8-12-36-32(28)38-20-37-31/h1-8,11-12,15-17,20,24H,9-10,13-14,18-19H2,(H,36,37,38).